The number of aryl methyl sites for hydroxylation is 1. The summed E-state index contributed by atoms with van der Waals surface area (Å²) in [6.07, 6.45) is 1.05. The molecule has 1 aliphatic heterocycles. The number of ether oxygens (including phenoxy) is 1. The van der Waals surface area contributed by atoms with Gasteiger partial charge in [-0.25, -0.2) is 0 Å². The number of nitrogens with one attached hydrogen (secondary N) is 1. The third-order valence-corrected chi connectivity index (χ3v) is 4.06. The third-order valence-electron chi connectivity index (χ3n) is 3.82. The zero-order valence-electron chi connectivity index (χ0n) is 11.5. The molecule has 0 spiro atoms. The predicted octanol–water partition coefficient (Wildman–Crippen LogP) is 4.63. The summed E-state index contributed by atoms with van der Waals surface area (Å²) < 4.78 is 5.70. The van der Waals surface area contributed by atoms with Gasteiger partial charge in [-0.1, -0.05) is 35.9 Å². The smallest absolute Gasteiger partial charge is 0.122 e. The van der Waals surface area contributed by atoms with E-state index in [9.17, 15) is 0 Å². The van der Waals surface area contributed by atoms with E-state index in [0.717, 1.165) is 36.0 Å². The number of rotatable bonds is 3. The van der Waals surface area contributed by atoms with Gasteiger partial charge in [-0.3, -0.25) is 0 Å². The second kappa shape index (κ2) is 5.76. The average Bonchev–Trinajstić information content (AvgIpc) is 2.48. The van der Waals surface area contributed by atoms with E-state index < -0.39 is 0 Å². The normalized spacial score (nSPS) is 17.2. The van der Waals surface area contributed by atoms with Crippen molar-refractivity contribution in [3.63, 3.8) is 0 Å². The second-order valence-corrected chi connectivity index (χ2v) is 5.65. The Hall–Kier alpha value is -1.67. The van der Waals surface area contributed by atoms with E-state index in [1.165, 1.54) is 11.1 Å². The molecule has 2 nitrogen and oxygen atoms in total. The molecule has 0 amide bonds. The van der Waals surface area contributed by atoms with Gasteiger partial charge in [0.05, 0.1) is 6.61 Å². The van der Waals surface area contributed by atoms with Crippen LogP contribution in [0.2, 0.25) is 5.02 Å². The summed E-state index contributed by atoms with van der Waals surface area (Å²) >= 11 is 6.06. The van der Waals surface area contributed by atoms with Crippen molar-refractivity contribution in [3.05, 3.63) is 58.6 Å². The Bertz CT molecular complexity index is 612. The SMILES string of the molecule is Cc1ccc(Cl)cc1NCC1CCOc2ccccc21. The van der Waals surface area contributed by atoms with Crippen molar-refractivity contribution in [1.29, 1.82) is 0 Å². The van der Waals surface area contributed by atoms with E-state index >= 15 is 0 Å². The molecule has 3 heteroatoms. The van der Waals surface area contributed by atoms with Crippen molar-refractivity contribution in [2.24, 2.45) is 0 Å². The van der Waals surface area contributed by atoms with Crippen molar-refractivity contribution in [1.82, 2.24) is 0 Å². The zero-order valence-corrected chi connectivity index (χ0v) is 12.3. The lowest BCUT2D eigenvalue weighted by atomic mass is 9.93. The summed E-state index contributed by atoms with van der Waals surface area (Å²) in [5.41, 5.74) is 3.63. The quantitative estimate of drug-likeness (QED) is 0.889. The molecule has 0 radical (unpaired) electrons. The third kappa shape index (κ3) is 2.75. The molecule has 1 atom stereocenters. The van der Waals surface area contributed by atoms with E-state index in [1.54, 1.807) is 0 Å². The molecule has 0 aliphatic carbocycles. The van der Waals surface area contributed by atoms with Gasteiger partial charge >= 0.3 is 0 Å². The van der Waals surface area contributed by atoms with Gasteiger partial charge in [0.1, 0.15) is 5.75 Å². The Morgan fingerprint density at radius 3 is 3.00 bits per heavy atom. The van der Waals surface area contributed by atoms with Crippen LogP contribution in [0.4, 0.5) is 5.69 Å². The Balaban J connectivity index is 1.75. The highest BCUT2D eigenvalue weighted by molar-refractivity contribution is 6.30. The van der Waals surface area contributed by atoms with Crippen LogP contribution in [0.5, 0.6) is 5.75 Å². The fraction of sp³-hybridized carbons (Fsp3) is 0.294. The number of halogens is 1. The lowest BCUT2D eigenvalue weighted by Crippen LogP contribution is -2.20. The van der Waals surface area contributed by atoms with Crippen LogP contribution in [-0.4, -0.2) is 13.2 Å². The molecule has 20 heavy (non-hydrogen) atoms. The van der Waals surface area contributed by atoms with Gasteiger partial charge in [0, 0.05) is 23.2 Å². The molecule has 3 rings (SSSR count). The van der Waals surface area contributed by atoms with Crippen LogP contribution in [0.15, 0.2) is 42.5 Å². The van der Waals surface area contributed by atoms with Crippen LogP contribution in [0.3, 0.4) is 0 Å². The van der Waals surface area contributed by atoms with Crippen molar-refractivity contribution < 1.29 is 4.74 Å². The molecular formula is C17H18ClNO. The molecule has 1 aliphatic rings. The van der Waals surface area contributed by atoms with Gasteiger partial charge in [-0.15, -0.1) is 0 Å². The minimum Gasteiger partial charge on any atom is -0.493 e. The Morgan fingerprint density at radius 1 is 1.25 bits per heavy atom. The predicted molar refractivity (Wildman–Crippen MR) is 84.0 cm³/mol. The summed E-state index contributed by atoms with van der Waals surface area (Å²) in [5.74, 6) is 1.51. The largest absolute Gasteiger partial charge is 0.493 e. The Morgan fingerprint density at radius 2 is 2.10 bits per heavy atom. The van der Waals surface area contributed by atoms with E-state index in [2.05, 4.69) is 24.4 Å². The van der Waals surface area contributed by atoms with Gasteiger partial charge in [0.15, 0.2) is 0 Å². The van der Waals surface area contributed by atoms with Crippen LogP contribution >= 0.6 is 11.6 Å². The Kier molecular flexibility index (Phi) is 3.83. The van der Waals surface area contributed by atoms with Gasteiger partial charge in [-0.05, 0) is 42.7 Å². The number of para-hydroxylation sites is 1. The van der Waals surface area contributed by atoms with E-state index in [4.69, 9.17) is 16.3 Å². The van der Waals surface area contributed by atoms with Gasteiger partial charge in [0.2, 0.25) is 0 Å². The molecule has 0 saturated carbocycles. The molecule has 0 bridgehead atoms. The van der Waals surface area contributed by atoms with E-state index in [1.807, 2.05) is 30.3 Å². The van der Waals surface area contributed by atoms with Gasteiger partial charge in [0.25, 0.3) is 0 Å². The molecule has 104 valence electrons. The molecule has 0 aromatic heterocycles. The minimum atomic E-state index is 0.485. The first-order valence-electron chi connectivity index (χ1n) is 6.96. The van der Waals surface area contributed by atoms with Crippen LogP contribution in [-0.2, 0) is 0 Å². The summed E-state index contributed by atoms with van der Waals surface area (Å²) in [7, 11) is 0. The van der Waals surface area contributed by atoms with Crippen molar-refractivity contribution in [2.75, 3.05) is 18.5 Å². The fourth-order valence-electron chi connectivity index (χ4n) is 2.65. The maximum atomic E-state index is 6.06. The molecule has 0 fully saturated rings. The molecule has 1 N–H and O–H groups in total. The number of anilines is 1. The highest BCUT2D eigenvalue weighted by atomic mass is 35.5. The van der Waals surface area contributed by atoms with E-state index in [0.29, 0.717) is 5.92 Å². The molecular weight excluding hydrogens is 270 g/mol. The number of fused-ring (bicyclic) bond motifs is 1. The number of hydrogen-bond acceptors (Lipinski definition) is 2. The van der Waals surface area contributed by atoms with E-state index in [-0.39, 0.29) is 0 Å². The molecule has 2 aromatic rings. The molecule has 1 unspecified atom stereocenters. The second-order valence-electron chi connectivity index (χ2n) is 5.21. The van der Waals surface area contributed by atoms with Crippen molar-refractivity contribution in [2.45, 2.75) is 19.3 Å². The summed E-state index contributed by atoms with van der Waals surface area (Å²) in [4.78, 5) is 0. The first-order chi connectivity index (χ1) is 9.74. The van der Waals surface area contributed by atoms with Crippen LogP contribution in [0.1, 0.15) is 23.5 Å². The fourth-order valence-corrected chi connectivity index (χ4v) is 2.82. The molecule has 1 heterocycles. The lowest BCUT2D eigenvalue weighted by Gasteiger charge is -2.26. The summed E-state index contributed by atoms with van der Waals surface area (Å²) in [5, 5.41) is 4.29. The number of hydrogen-bond donors (Lipinski definition) is 1. The summed E-state index contributed by atoms with van der Waals surface area (Å²) in [6, 6.07) is 14.3. The average molecular weight is 288 g/mol. The molecule has 0 saturated heterocycles. The highest BCUT2D eigenvalue weighted by Crippen LogP contribution is 2.33. The van der Waals surface area contributed by atoms with Gasteiger partial charge < -0.3 is 10.1 Å². The van der Waals surface area contributed by atoms with Crippen molar-refractivity contribution >= 4 is 17.3 Å². The molecule has 2 aromatic carbocycles. The van der Waals surface area contributed by atoms with Crippen LogP contribution in [0.25, 0.3) is 0 Å². The summed E-state index contributed by atoms with van der Waals surface area (Å²) in [6.45, 7) is 3.79. The number of benzene rings is 2. The van der Waals surface area contributed by atoms with Crippen LogP contribution in [0, 0.1) is 6.92 Å². The van der Waals surface area contributed by atoms with Gasteiger partial charge in [-0.2, -0.15) is 0 Å². The topological polar surface area (TPSA) is 21.3 Å². The first kappa shape index (κ1) is 13.3. The minimum absolute atomic E-state index is 0.485. The monoisotopic (exact) mass is 287 g/mol. The standard InChI is InChI=1S/C17H18ClNO/c1-12-6-7-14(18)10-16(12)19-11-13-8-9-20-17-5-3-2-4-15(13)17/h2-7,10,13,19H,8-9,11H2,1H3. The van der Waals surface area contributed by atoms with Crippen molar-refractivity contribution in [3.8, 4) is 5.75 Å². The maximum Gasteiger partial charge on any atom is 0.122 e. The Labute approximate surface area is 124 Å². The highest BCUT2D eigenvalue weighted by Gasteiger charge is 2.20. The lowest BCUT2D eigenvalue weighted by molar-refractivity contribution is 0.270. The maximum absolute atomic E-state index is 6.06. The zero-order chi connectivity index (χ0) is 13.9. The van der Waals surface area contributed by atoms with Crippen LogP contribution < -0.4 is 10.1 Å². The first-order valence-corrected chi connectivity index (χ1v) is 7.33.